The van der Waals surface area contributed by atoms with E-state index < -0.39 is 24.4 Å². The highest BCUT2D eigenvalue weighted by atomic mass is 16.5. The summed E-state index contributed by atoms with van der Waals surface area (Å²) >= 11 is 0. The summed E-state index contributed by atoms with van der Waals surface area (Å²) in [6.45, 7) is 9.84. The van der Waals surface area contributed by atoms with Crippen LogP contribution >= 0.6 is 0 Å². The van der Waals surface area contributed by atoms with Gasteiger partial charge in [-0.1, -0.05) is 58.9 Å². The molecule has 5 nitrogen and oxygen atoms in total. The minimum Gasteiger partial charge on any atom is -0.452 e. The Morgan fingerprint density at radius 1 is 0.893 bits per heavy atom. The maximum absolute atomic E-state index is 12.2. The van der Waals surface area contributed by atoms with Crippen molar-refractivity contribution in [2.24, 2.45) is 0 Å². The highest BCUT2D eigenvalue weighted by Gasteiger charge is 2.16. The molecule has 0 heterocycles. The number of esters is 1. The number of imide groups is 1. The normalized spacial score (nSPS) is 11.2. The second-order valence-corrected chi connectivity index (χ2v) is 8.06. The van der Waals surface area contributed by atoms with Crippen LogP contribution in [0.25, 0.3) is 0 Å². The van der Waals surface area contributed by atoms with Crippen LogP contribution in [0, 0.1) is 0 Å². The van der Waals surface area contributed by atoms with E-state index in [9.17, 15) is 14.4 Å². The Bertz CT molecular complexity index is 844. The minimum atomic E-state index is -0.669. The number of carbonyl (C=O) groups is 3. The smallest absolute Gasteiger partial charge is 0.338 e. The van der Waals surface area contributed by atoms with Crippen molar-refractivity contribution in [3.63, 3.8) is 0 Å². The fourth-order valence-corrected chi connectivity index (χ4v) is 2.58. The van der Waals surface area contributed by atoms with Gasteiger partial charge in [-0.3, -0.25) is 14.9 Å². The van der Waals surface area contributed by atoms with E-state index in [2.05, 4.69) is 39.9 Å². The number of rotatable bonds is 5. The summed E-state index contributed by atoms with van der Waals surface area (Å²) in [5, 5.41) is 2.23. The van der Waals surface area contributed by atoms with E-state index in [1.807, 2.05) is 24.3 Å². The third kappa shape index (κ3) is 5.78. The summed E-state index contributed by atoms with van der Waals surface area (Å²) < 4.78 is 4.99. The number of hydrogen-bond acceptors (Lipinski definition) is 4. The number of nitrogens with one attached hydrogen (secondary N) is 1. The number of ether oxygens (including phenoxy) is 1. The first-order valence-corrected chi connectivity index (χ1v) is 9.29. The molecular weight excluding hydrogens is 354 g/mol. The van der Waals surface area contributed by atoms with Crippen molar-refractivity contribution in [2.45, 2.75) is 46.0 Å². The van der Waals surface area contributed by atoms with E-state index in [-0.39, 0.29) is 5.41 Å². The Labute approximate surface area is 166 Å². The van der Waals surface area contributed by atoms with Crippen molar-refractivity contribution in [3.8, 4) is 0 Å². The van der Waals surface area contributed by atoms with Gasteiger partial charge in [0.15, 0.2) is 6.61 Å². The zero-order chi connectivity index (χ0) is 20.9. The molecule has 0 radical (unpaired) electrons. The van der Waals surface area contributed by atoms with E-state index in [1.165, 1.54) is 0 Å². The molecule has 0 bridgehead atoms. The number of carbonyl (C=O) groups excluding carboxylic acids is 3. The molecule has 28 heavy (non-hydrogen) atoms. The van der Waals surface area contributed by atoms with Crippen LogP contribution < -0.4 is 5.32 Å². The number of hydrogen-bond donors (Lipinski definition) is 1. The monoisotopic (exact) mass is 381 g/mol. The molecule has 0 aliphatic rings. The molecule has 1 N–H and O–H groups in total. The molecule has 0 aromatic heterocycles. The van der Waals surface area contributed by atoms with Crippen LogP contribution in [0.3, 0.4) is 0 Å². The second-order valence-electron chi connectivity index (χ2n) is 8.06. The largest absolute Gasteiger partial charge is 0.452 e. The maximum Gasteiger partial charge on any atom is 0.338 e. The zero-order valence-corrected chi connectivity index (χ0v) is 17.0. The Morgan fingerprint density at radius 3 is 1.93 bits per heavy atom. The van der Waals surface area contributed by atoms with Crippen molar-refractivity contribution in [3.05, 3.63) is 70.8 Å². The standard InChI is InChI=1S/C23H27NO4/c1-15(2)16-6-8-18(9-7-16)22(27)28-14-20(25)24-21(26)17-10-12-19(13-11-17)23(3,4)5/h6-13,15H,14H2,1-5H3,(H,24,25,26). The first kappa shape index (κ1) is 21.4. The Balaban J connectivity index is 1.87. The molecule has 148 valence electrons. The van der Waals surface area contributed by atoms with Crippen LogP contribution in [0.1, 0.15) is 72.4 Å². The van der Waals surface area contributed by atoms with Crippen molar-refractivity contribution in [1.29, 1.82) is 0 Å². The van der Waals surface area contributed by atoms with Crippen LogP contribution in [0.4, 0.5) is 0 Å². The van der Waals surface area contributed by atoms with Gasteiger partial charge >= 0.3 is 5.97 Å². The van der Waals surface area contributed by atoms with Gasteiger partial charge in [-0.25, -0.2) is 4.79 Å². The van der Waals surface area contributed by atoms with Crippen LogP contribution in [0.15, 0.2) is 48.5 Å². The molecule has 2 amide bonds. The zero-order valence-electron chi connectivity index (χ0n) is 17.0. The maximum atomic E-state index is 12.2. The van der Waals surface area contributed by atoms with Crippen LogP contribution in [-0.4, -0.2) is 24.4 Å². The quantitative estimate of drug-likeness (QED) is 0.787. The lowest BCUT2D eigenvalue weighted by Gasteiger charge is -2.19. The van der Waals surface area contributed by atoms with Gasteiger partial charge in [-0.15, -0.1) is 0 Å². The van der Waals surface area contributed by atoms with Gasteiger partial charge in [0.25, 0.3) is 11.8 Å². The molecule has 2 rings (SSSR count). The fraction of sp³-hybridized carbons (Fsp3) is 0.348. The van der Waals surface area contributed by atoms with E-state index in [0.29, 0.717) is 17.0 Å². The van der Waals surface area contributed by atoms with Gasteiger partial charge in [0, 0.05) is 5.56 Å². The second kappa shape index (κ2) is 8.83. The fourth-order valence-electron chi connectivity index (χ4n) is 2.58. The van der Waals surface area contributed by atoms with Gasteiger partial charge in [0.1, 0.15) is 0 Å². The minimum absolute atomic E-state index is 0.0214. The Morgan fingerprint density at radius 2 is 1.43 bits per heavy atom. The average Bonchev–Trinajstić information content (AvgIpc) is 2.65. The van der Waals surface area contributed by atoms with Gasteiger partial charge in [0.2, 0.25) is 0 Å². The van der Waals surface area contributed by atoms with Crippen LogP contribution in [0.5, 0.6) is 0 Å². The topological polar surface area (TPSA) is 72.5 Å². The molecule has 0 fully saturated rings. The summed E-state index contributed by atoms with van der Waals surface area (Å²) in [4.78, 5) is 36.1. The summed E-state index contributed by atoms with van der Waals surface area (Å²) in [5.74, 6) is -1.44. The Hall–Kier alpha value is -2.95. The number of benzene rings is 2. The third-order valence-electron chi connectivity index (χ3n) is 4.41. The predicted octanol–water partition coefficient (Wildman–Crippen LogP) is 4.22. The Kier molecular flexibility index (Phi) is 6.73. The first-order chi connectivity index (χ1) is 13.1. The first-order valence-electron chi connectivity index (χ1n) is 9.29. The van der Waals surface area contributed by atoms with E-state index in [1.54, 1.807) is 24.3 Å². The average molecular weight is 381 g/mol. The molecule has 5 heteroatoms. The molecule has 0 atom stereocenters. The SMILES string of the molecule is CC(C)c1ccc(C(=O)OCC(=O)NC(=O)c2ccc(C(C)(C)C)cc2)cc1. The van der Waals surface area contributed by atoms with Crippen molar-refractivity contribution in [2.75, 3.05) is 6.61 Å². The molecule has 0 unspecified atom stereocenters. The molecular formula is C23H27NO4. The predicted molar refractivity (Wildman–Crippen MR) is 108 cm³/mol. The molecule has 0 spiro atoms. The lowest BCUT2D eigenvalue weighted by molar-refractivity contribution is -0.123. The molecule has 0 aliphatic heterocycles. The molecule has 2 aromatic carbocycles. The van der Waals surface area contributed by atoms with E-state index >= 15 is 0 Å². The lowest BCUT2D eigenvalue weighted by Crippen LogP contribution is -2.34. The number of amides is 2. The van der Waals surface area contributed by atoms with Gasteiger partial charge < -0.3 is 4.74 Å². The van der Waals surface area contributed by atoms with Crippen LogP contribution in [0.2, 0.25) is 0 Å². The van der Waals surface area contributed by atoms with Crippen molar-refractivity contribution in [1.82, 2.24) is 5.32 Å². The van der Waals surface area contributed by atoms with Crippen molar-refractivity contribution >= 4 is 17.8 Å². The van der Waals surface area contributed by atoms with E-state index in [4.69, 9.17) is 4.74 Å². The summed E-state index contributed by atoms with van der Waals surface area (Å²) in [6.07, 6.45) is 0. The molecule has 0 aliphatic carbocycles. The summed E-state index contributed by atoms with van der Waals surface area (Å²) in [6, 6.07) is 14.1. The highest BCUT2D eigenvalue weighted by molar-refractivity contribution is 6.05. The van der Waals surface area contributed by atoms with E-state index in [0.717, 1.165) is 11.1 Å². The van der Waals surface area contributed by atoms with Gasteiger partial charge in [-0.05, 0) is 46.7 Å². The summed E-state index contributed by atoms with van der Waals surface area (Å²) in [7, 11) is 0. The summed E-state index contributed by atoms with van der Waals surface area (Å²) in [5.41, 5.74) is 2.91. The molecule has 0 saturated carbocycles. The van der Waals surface area contributed by atoms with Gasteiger partial charge in [0.05, 0.1) is 5.56 Å². The lowest BCUT2D eigenvalue weighted by atomic mass is 9.87. The van der Waals surface area contributed by atoms with Crippen molar-refractivity contribution < 1.29 is 19.1 Å². The third-order valence-corrected chi connectivity index (χ3v) is 4.41. The van der Waals surface area contributed by atoms with Gasteiger partial charge in [-0.2, -0.15) is 0 Å². The highest BCUT2D eigenvalue weighted by Crippen LogP contribution is 2.22. The molecule has 2 aromatic rings. The van der Waals surface area contributed by atoms with Crippen LogP contribution in [-0.2, 0) is 14.9 Å². The molecule has 0 saturated heterocycles.